The summed E-state index contributed by atoms with van der Waals surface area (Å²) in [6, 6.07) is 18.5. The number of ether oxygens (including phenoxy) is 2. The number of nitrogens with zero attached hydrogens (tertiary/aromatic N) is 1. The molecule has 0 unspecified atom stereocenters. The third-order valence-electron chi connectivity index (χ3n) is 3.87. The van der Waals surface area contributed by atoms with Gasteiger partial charge in [0.05, 0.1) is 17.3 Å². The number of carbonyl (C=O) groups excluding carboxylic acids is 1. The quantitative estimate of drug-likeness (QED) is 0.380. The van der Waals surface area contributed by atoms with Crippen molar-refractivity contribution in [3.8, 4) is 11.5 Å². The molecule has 0 fully saturated rings. The number of rotatable bonds is 7. The fraction of sp³-hybridized carbons (Fsp3) is 0.0909. The zero-order valence-electron chi connectivity index (χ0n) is 14.8. The molecule has 136 valence electrons. The molecule has 0 saturated heterocycles. The summed E-state index contributed by atoms with van der Waals surface area (Å²) in [5.74, 6) is 1.28. The van der Waals surface area contributed by atoms with Crippen molar-refractivity contribution in [3.63, 3.8) is 0 Å². The average molecular weight is 424 g/mol. The van der Waals surface area contributed by atoms with Crippen molar-refractivity contribution in [2.75, 3.05) is 7.11 Å². The van der Waals surface area contributed by atoms with Crippen LogP contribution in [0.1, 0.15) is 21.6 Å². The van der Waals surface area contributed by atoms with Crippen LogP contribution in [-0.4, -0.2) is 17.9 Å². The molecule has 4 nitrogen and oxygen atoms in total. The van der Waals surface area contributed by atoms with Crippen molar-refractivity contribution in [2.45, 2.75) is 6.61 Å². The van der Waals surface area contributed by atoms with Gasteiger partial charge < -0.3 is 9.47 Å². The number of carbonyl (C=O) groups is 1. The van der Waals surface area contributed by atoms with Crippen LogP contribution in [0.4, 0.5) is 0 Å². The van der Waals surface area contributed by atoms with Gasteiger partial charge in [0.15, 0.2) is 5.78 Å². The number of hydrogen-bond donors (Lipinski definition) is 0. The molecule has 0 N–H and O–H groups in total. The fourth-order valence-electron chi connectivity index (χ4n) is 2.47. The number of methoxy groups -OCH3 is 1. The van der Waals surface area contributed by atoms with Crippen molar-refractivity contribution in [1.29, 1.82) is 0 Å². The minimum Gasteiger partial charge on any atom is -0.496 e. The van der Waals surface area contributed by atoms with Crippen LogP contribution >= 0.6 is 15.9 Å². The largest absolute Gasteiger partial charge is 0.496 e. The molecule has 0 bridgehead atoms. The van der Waals surface area contributed by atoms with Gasteiger partial charge in [-0.1, -0.05) is 24.3 Å². The van der Waals surface area contributed by atoms with Crippen LogP contribution in [0, 0.1) is 0 Å². The number of benzene rings is 2. The van der Waals surface area contributed by atoms with Gasteiger partial charge in [-0.2, -0.15) is 0 Å². The minimum atomic E-state index is -0.0992. The van der Waals surface area contributed by atoms with E-state index in [2.05, 4.69) is 20.9 Å². The van der Waals surface area contributed by atoms with E-state index < -0.39 is 0 Å². The smallest absolute Gasteiger partial charge is 0.185 e. The molecule has 5 heteroatoms. The number of para-hydroxylation sites is 1. The Morgan fingerprint density at radius 1 is 1.07 bits per heavy atom. The van der Waals surface area contributed by atoms with E-state index in [1.165, 1.54) is 6.08 Å². The fourth-order valence-corrected chi connectivity index (χ4v) is 3.01. The van der Waals surface area contributed by atoms with Crippen LogP contribution in [0.3, 0.4) is 0 Å². The third-order valence-corrected chi connectivity index (χ3v) is 4.49. The predicted molar refractivity (Wildman–Crippen MR) is 109 cm³/mol. The topological polar surface area (TPSA) is 48.4 Å². The molecule has 0 aliphatic rings. The number of hydrogen-bond acceptors (Lipinski definition) is 4. The summed E-state index contributed by atoms with van der Waals surface area (Å²) in [4.78, 5) is 16.7. The maximum Gasteiger partial charge on any atom is 0.185 e. The first-order valence-corrected chi connectivity index (χ1v) is 9.14. The van der Waals surface area contributed by atoms with E-state index in [0.29, 0.717) is 23.7 Å². The molecule has 0 aliphatic carbocycles. The third kappa shape index (κ3) is 5.05. The van der Waals surface area contributed by atoms with Gasteiger partial charge in [0.2, 0.25) is 0 Å². The van der Waals surface area contributed by atoms with Gasteiger partial charge in [0.25, 0.3) is 0 Å². The summed E-state index contributed by atoms with van der Waals surface area (Å²) in [6.07, 6.45) is 5.03. The van der Waals surface area contributed by atoms with Crippen LogP contribution in [0.15, 0.2) is 77.4 Å². The lowest BCUT2D eigenvalue weighted by molar-refractivity contribution is 0.104. The summed E-state index contributed by atoms with van der Waals surface area (Å²) < 4.78 is 11.8. The van der Waals surface area contributed by atoms with Crippen molar-refractivity contribution in [1.82, 2.24) is 4.98 Å². The second-order valence-electron chi connectivity index (χ2n) is 5.69. The zero-order chi connectivity index (χ0) is 19.1. The Bertz CT molecular complexity index is 955. The van der Waals surface area contributed by atoms with E-state index in [1.54, 1.807) is 37.6 Å². The van der Waals surface area contributed by atoms with E-state index in [0.717, 1.165) is 15.7 Å². The van der Waals surface area contributed by atoms with Gasteiger partial charge in [0.1, 0.15) is 18.1 Å². The second kappa shape index (κ2) is 9.14. The standard InChI is InChI=1S/C22H18BrNO3/c1-26-22-12-10-17(14-19(22)23)20(25)11-9-16-6-2-3-8-21(16)27-15-18-7-4-5-13-24-18/h2-14H,15H2,1H3. The van der Waals surface area contributed by atoms with E-state index in [-0.39, 0.29) is 5.78 Å². The van der Waals surface area contributed by atoms with Gasteiger partial charge in [-0.15, -0.1) is 0 Å². The molecule has 2 aromatic carbocycles. The van der Waals surface area contributed by atoms with Gasteiger partial charge in [0, 0.05) is 17.3 Å². The molecule has 1 aromatic heterocycles. The van der Waals surface area contributed by atoms with Gasteiger partial charge >= 0.3 is 0 Å². The van der Waals surface area contributed by atoms with Crippen LogP contribution in [0.5, 0.6) is 11.5 Å². The SMILES string of the molecule is COc1ccc(C(=O)C=Cc2ccccc2OCc2ccccn2)cc1Br. The number of ketones is 1. The molecule has 0 amide bonds. The highest BCUT2D eigenvalue weighted by molar-refractivity contribution is 9.10. The Morgan fingerprint density at radius 3 is 2.63 bits per heavy atom. The van der Waals surface area contributed by atoms with Crippen LogP contribution in [0.2, 0.25) is 0 Å². The number of allylic oxidation sites excluding steroid dienone is 1. The van der Waals surface area contributed by atoms with Crippen molar-refractivity contribution in [2.24, 2.45) is 0 Å². The van der Waals surface area contributed by atoms with Gasteiger partial charge in [-0.25, -0.2) is 0 Å². The Labute approximate surface area is 166 Å². The maximum absolute atomic E-state index is 12.5. The Balaban J connectivity index is 1.73. The highest BCUT2D eigenvalue weighted by Crippen LogP contribution is 2.26. The first-order valence-electron chi connectivity index (χ1n) is 8.35. The highest BCUT2D eigenvalue weighted by Gasteiger charge is 2.07. The van der Waals surface area contributed by atoms with Gasteiger partial charge in [-0.3, -0.25) is 9.78 Å². The molecule has 3 aromatic rings. The normalized spacial score (nSPS) is 10.7. The lowest BCUT2D eigenvalue weighted by Crippen LogP contribution is -1.99. The summed E-state index contributed by atoms with van der Waals surface area (Å²) in [6.45, 7) is 0.366. The van der Waals surface area contributed by atoms with E-state index in [4.69, 9.17) is 9.47 Å². The maximum atomic E-state index is 12.5. The predicted octanol–water partition coefficient (Wildman–Crippen LogP) is 5.33. The molecular formula is C22H18BrNO3. The van der Waals surface area contributed by atoms with Crippen molar-refractivity contribution in [3.05, 3.63) is 94.2 Å². The molecule has 0 atom stereocenters. The lowest BCUT2D eigenvalue weighted by Gasteiger charge is -2.08. The average Bonchev–Trinajstić information content (AvgIpc) is 2.71. The minimum absolute atomic E-state index is 0.0992. The van der Waals surface area contributed by atoms with Crippen molar-refractivity contribution < 1.29 is 14.3 Å². The van der Waals surface area contributed by atoms with E-state index >= 15 is 0 Å². The van der Waals surface area contributed by atoms with E-state index in [1.807, 2.05) is 42.5 Å². The van der Waals surface area contributed by atoms with Crippen LogP contribution in [-0.2, 0) is 6.61 Å². The Morgan fingerprint density at radius 2 is 1.89 bits per heavy atom. The van der Waals surface area contributed by atoms with Crippen molar-refractivity contribution >= 4 is 27.8 Å². The molecular weight excluding hydrogens is 406 g/mol. The van der Waals surface area contributed by atoms with Crippen LogP contribution in [0.25, 0.3) is 6.08 Å². The Kier molecular flexibility index (Phi) is 6.39. The number of pyridine rings is 1. The summed E-state index contributed by atoms with van der Waals surface area (Å²) in [7, 11) is 1.59. The Hall–Kier alpha value is -2.92. The molecule has 0 saturated carbocycles. The number of halogens is 1. The zero-order valence-corrected chi connectivity index (χ0v) is 16.3. The molecule has 1 heterocycles. The van der Waals surface area contributed by atoms with Crippen LogP contribution < -0.4 is 9.47 Å². The lowest BCUT2D eigenvalue weighted by atomic mass is 10.1. The highest BCUT2D eigenvalue weighted by atomic mass is 79.9. The molecule has 0 aliphatic heterocycles. The monoisotopic (exact) mass is 423 g/mol. The number of aromatic nitrogens is 1. The first-order chi connectivity index (χ1) is 13.2. The molecule has 3 rings (SSSR count). The molecule has 0 spiro atoms. The summed E-state index contributed by atoms with van der Waals surface area (Å²) in [5.41, 5.74) is 2.25. The van der Waals surface area contributed by atoms with Gasteiger partial charge in [-0.05, 0) is 64.5 Å². The summed E-state index contributed by atoms with van der Waals surface area (Å²) >= 11 is 3.40. The first kappa shape index (κ1) is 18.9. The second-order valence-corrected chi connectivity index (χ2v) is 6.55. The molecule has 0 radical (unpaired) electrons. The summed E-state index contributed by atoms with van der Waals surface area (Å²) in [5, 5.41) is 0. The molecule has 27 heavy (non-hydrogen) atoms. The van der Waals surface area contributed by atoms with E-state index in [9.17, 15) is 4.79 Å².